The van der Waals surface area contributed by atoms with Crippen molar-refractivity contribution in [2.45, 2.75) is 32.4 Å². The van der Waals surface area contributed by atoms with Crippen LogP contribution in [0.3, 0.4) is 0 Å². The predicted molar refractivity (Wildman–Crippen MR) is 84.5 cm³/mol. The molecule has 0 bridgehead atoms. The third kappa shape index (κ3) is 3.95. The maximum atomic E-state index is 12.2. The van der Waals surface area contributed by atoms with Crippen molar-refractivity contribution >= 4 is 11.9 Å². The molecule has 116 valence electrons. The van der Waals surface area contributed by atoms with Crippen LogP contribution in [-0.4, -0.2) is 28.2 Å². The molecule has 1 aromatic heterocycles. The highest BCUT2D eigenvalue weighted by molar-refractivity contribution is 5.92. The number of ether oxygens (including phenoxy) is 1. The summed E-state index contributed by atoms with van der Waals surface area (Å²) in [6.07, 6.45) is 5.53. The summed E-state index contributed by atoms with van der Waals surface area (Å²) >= 11 is 0. The molecule has 5 nitrogen and oxygen atoms in total. The molecule has 1 saturated carbocycles. The van der Waals surface area contributed by atoms with Crippen molar-refractivity contribution in [3.05, 3.63) is 48.3 Å². The summed E-state index contributed by atoms with van der Waals surface area (Å²) in [4.78, 5) is 16.4. The number of imidazole rings is 1. The number of nitrogens with zero attached hydrogens (tertiary/aromatic N) is 2. The summed E-state index contributed by atoms with van der Waals surface area (Å²) in [6.45, 7) is 3.13. The van der Waals surface area contributed by atoms with E-state index in [9.17, 15) is 4.79 Å². The van der Waals surface area contributed by atoms with Gasteiger partial charge in [-0.2, -0.15) is 0 Å². The zero-order valence-corrected chi connectivity index (χ0v) is 12.7. The Balaban J connectivity index is 1.57. The van der Waals surface area contributed by atoms with Crippen LogP contribution in [0.1, 0.15) is 25.3 Å². The minimum Gasteiger partial charge on any atom is -0.368 e. The fourth-order valence-corrected chi connectivity index (χ4v) is 2.19. The van der Waals surface area contributed by atoms with Gasteiger partial charge < -0.3 is 9.30 Å². The Hall–Kier alpha value is -2.14. The molecule has 1 fully saturated rings. The van der Waals surface area contributed by atoms with Crippen LogP contribution in [-0.2, 0) is 16.1 Å². The van der Waals surface area contributed by atoms with E-state index >= 15 is 0 Å². The molecule has 1 aliphatic carbocycles. The Morgan fingerprint density at radius 2 is 2.18 bits per heavy atom. The van der Waals surface area contributed by atoms with E-state index in [0.29, 0.717) is 25.0 Å². The van der Waals surface area contributed by atoms with Crippen LogP contribution in [0.15, 0.2) is 42.7 Å². The fraction of sp³-hybridized carbons (Fsp3) is 0.412. The highest BCUT2D eigenvalue weighted by atomic mass is 16.5. The number of rotatable bonds is 7. The molecule has 1 unspecified atom stereocenters. The zero-order chi connectivity index (χ0) is 15.4. The summed E-state index contributed by atoms with van der Waals surface area (Å²) in [5.74, 6) is 1.05. The molecule has 5 heteroatoms. The highest BCUT2D eigenvalue weighted by Crippen LogP contribution is 2.29. The van der Waals surface area contributed by atoms with E-state index in [1.165, 1.54) is 12.8 Å². The lowest BCUT2D eigenvalue weighted by atomic mass is 10.2. The highest BCUT2D eigenvalue weighted by Gasteiger charge is 2.24. The SMILES string of the molecule is CC(OCC1CC1)C(=O)Nc1nccn1Cc1ccccc1. The summed E-state index contributed by atoms with van der Waals surface area (Å²) in [7, 11) is 0. The van der Waals surface area contributed by atoms with Crippen molar-refractivity contribution in [1.82, 2.24) is 9.55 Å². The molecule has 2 aromatic rings. The second-order valence-corrected chi connectivity index (χ2v) is 5.77. The first-order chi connectivity index (χ1) is 10.7. The van der Waals surface area contributed by atoms with Crippen molar-refractivity contribution in [3.63, 3.8) is 0 Å². The molecular formula is C17H21N3O2. The average Bonchev–Trinajstić information content (AvgIpc) is 3.27. The lowest BCUT2D eigenvalue weighted by Crippen LogP contribution is -2.29. The molecule has 3 rings (SSSR count). The zero-order valence-electron chi connectivity index (χ0n) is 12.7. The number of nitrogens with one attached hydrogen (secondary N) is 1. The summed E-state index contributed by atoms with van der Waals surface area (Å²) in [5, 5.41) is 2.84. The van der Waals surface area contributed by atoms with Gasteiger partial charge in [0.25, 0.3) is 5.91 Å². The van der Waals surface area contributed by atoms with Crippen LogP contribution in [0.4, 0.5) is 5.95 Å². The van der Waals surface area contributed by atoms with Gasteiger partial charge in [0.15, 0.2) is 0 Å². The van der Waals surface area contributed by atoms with Crippen molar-refractivity contribution < 1.29 is 9.53 Å². The van der Waals surface area contributed by atoms with Crippen LogP contribution >= 0.6 is 0 Å². The van der Waals surface area contributed by atoms with Gasteiger partial charge in [-0.3, -0.25) is 10.1 Å². The van der Waals surface area contributed by atoms with E-state index in [0.717, 1.165) is 5.56 Å². The van der Waals surface area contributed by atoms with Gasteiger partial charge in [0.05, 0.1) is 13.2 Å². The predicted octanol–water partition coefficient (Wildman–Crippen LogP) is 2.69. The first kappa shape index (κ1) is 14.8. The molecule has 0 aliphatic heterocycles. The normalized spacial score (nSPS) is 15.5. The van der Waals surface area contributed by atoms with Crippen LogP contribution in [0, 0.1) is 5.92 Å². The minimum absolute atomic E-state index is 0.152. The molecule has 1 atom stereocenters. The molecule has 1 aromatic carbocycles. The van der Waals surface area contributed by atoms with Crippen LogP contribution in [0.25, 0.3) is 0 Å². The number of benzene rings is 1. The molecule has 0 radical (unpaired) electrons. The smallest absolute Gasteiger partial charge is 0.255 e. The lowest BCUT2D eigenvalue weighted by Gasteiger charge is -2.14. The van der Waals surface area contributed by atoms with E-state index in [2.05, 4.69) is 10.3 Å². The Bertz CT molecular complexity index is 620. The first-order valence-corrected chi connectivity index (χ1v) is 7.70. The van der Waals surface area contributed by atoms with Crippen LogP contribution in [0.5, 0.6) is 0 Å². The maximum absolute atomic E-state index is 12.2. The monoisotopic (exact) mass is 299 g/mol. The molecule has 0 saturated heterocycles. The number of anilines is 1. The molecule has 1 N–H and O–H groups in total. The Morgan fingerprint density at radius 1 is 1.41 bits per heavy atom. The van der Waals surface area contributed by atoms with Crippen molar-refractivity contribution in [2.24, 2.45) is 5.92 Å². The van der Waals surface area contributed by atoms with E-state index in [-0.39, 0.29) is 5.91 Å². The molecular weight excluding hydrogens is 278 g/mol. The van der Waals surface area contributed by atoms with Gasteiger partial charge in [-0.15, -0.1) is 0 Å². The topological polar surface area (TPSA) is 56.1 Å². The molecule has 0 spiro atoms. The lowest BCUT2D eigenvalue weighted by molar-refractivity contribution is -0.126. The quantitative estimate of drug-likeness (QED) is 0.855. The second kappa shape index (κ2) is 6.75. The molecule has 22 heavy (non-hydrogen) atoms. The second-order valence-electron chi connectivity index (χ2n) is 5.77. The van der Waals surface area contributed by atoms with Gasteiger partial charge >= 0.3 is 0 Å². The number of hydrogen-bond donors (Lipinski definition) is 1. The van der Waals surface area contributed by atoms with Gasteiger partial charge in [0.1, 0.15) is 6.10 Å². The molecule has 1 aliphatic rings. The maximum Gasteiger partial charge on any atom is 0.255 e. The van der Waals surface area contributed by atoms with E-state index < -0.39 is 6.10 Å². The van der Waals surface area contributed by atoms with Crippen LogP contribution < -0.4 is 5.32 Å². The number of hydrogen-bond acceptors (Lipinski definition) is 3. The number of aromatic nitrogens is 2. The molecule has 1 amide bonds. The van der Waals surface area contributed by atoms with Crippen molar-refractivity contribution in [3.8, 4) is 0 Å². The molecule has 1 heterocycles. The first-order valence-electron chi connectivity index (χ1n) is 7.70. The van der Waals surface area contributed by atoms with Gasteiger partial charge in [-0.1, -0.05) is 30.3 Å². The number of carbonyl (C=O) groups excluding carboxylic acids is 1. The standard InChI is InChI=1S/C17H21N3O2/c1-13(22-12-15-7-8-15)16(21)19-17-18-9-10-20(17)11-14-5-3-2-4-6-14/h2-6,9-10,13,15H,7-8,11-12H2,1H3,(H,18,19,21). The van der Waals surface area contributed by atoms with Crippen LogP contribution in [0.2, 0.25) is 0 Å². The Kier molecular flexibility index (Phi) is 4.53. The van der Waals surface area contributed by atoms with Gasteiger partial charge in [0.2, 0.25) is 5.95 Å². The largest absolute Gasteiger partial charge is 0.368 e. The van der Waals surface area contributed by atoms with E-state index in [1.807, 2.05) is 41.1 Å². The fourth-order valence-electron chi connectivity index (χ4n) is 2.19. The van der Waals surface area contributed by atoms with E-state index in [4.69, 9.17) is 4.74 Å². The third-order valence-electron chi connectivity index (χ3n) is 3.79. The Labute approximate surface area is 130 Å². The van der Waals surface area contributed by atoms with Gasteiger partial charge in [-0.25, -0.2) is 4.98 Å². The van der Waals surface area contributed by atoms with E-state index in [1.54, 1.807) is 13.1 Å². The summed E-state index contributed by atoms with van der Waals surface area (Å²) in [5.41, 5.74) is 1.16. The number of carbonyl (C=O) groups is 1. The summed E-state index contributed by atoms with van der Waals surface area (Å²) in [6, 6.07) is 10.1. The van der Waals surface area contributed by atoms with Crippen molar-refractivity contribution in [2.75, 3.05) is 11.9 Å². The van der Waals surface area contributed by atoms with Gasteiger partial charge in [0, 0.05) is 12.4 Å². The Morgan fingerprint density at radius 3 is 2.91 bits per heavy atom. The third-order valence-corrected chi connectivity index (χ3v) is 3.79. The number of amides is 1. The van der Waals surface area contributed by atoms with Crippen molar-refractivity contribution in [1.29, 1.82) is 0 Å². The minimum atomic E-state index is -0.456. The average molecular weight is 299 g/mol. The summed E-state index contributed by atoms with van der Waals surface area (Å²) < 4.78 is 7.50. The van der Waals surface area contributed by atoms with Gasteiger partial charge in [-0.05, 0) is 31.2 Å².